The second-order valence-corrected chi connectivity index (χ2v) is 12.6. The minimum atomic E-state index is -3.81. The smallest absolute Gasteiger partial charge is 0.244 e. The van der Waals surface area contributed by atoms with E-state index in [2.05, 4.69) is 21.2 Å². The minimum absolute atomic E-state index is 0.0955. The molecule has 1 saturated carbocycles. The van der Waals surface area contributed by atoms with E-state index in [1.807, 2.05) is 24.3 Å². The van der Waals surface area contributed by atoms with Gasteiger partial charge in [0.15, 0.2) is 0 Å². The van der Waals surface area contributed by atoms with Crippen molar-refractivity contribution in [2.24, 2.45) is 0 Å². The third kappa shape index (κ3) is 7.46. The second kappa shape index (κ2) is 12.4. The van der Waals surface area contributed by atoms with Crippen molar-refractivity contribution in [3.63, 3.8) is 0 Å². The fourth-order valence-electron chi connectivity index (χ4n) is 4.44. The number of amides is 2. The fraction of sp³-hybridized carbons (Fsp3) is 0.462. The van der Waals surface area contributed by atoms with E-state index in [4.69, 9.17) is 11.6 Å². The number of carbonyl (C=O) groups is 2. The van der Waals surface area contributed by atoms with Gasteiger partial charge < -0.3 is 10.2 Å². The topological polar surface area (TPSA) is 86.8 Å². The van der Waals surface area contributed by atoms with Gasteiger partial charge in [0.05, 0.1) is 11.9 Å². The molecule has 1 fully saturated rings. The number of carbonyl (C=O) groups excluding carboxylic acids is 2. The molecule has 196 valence electrons. The highest BCUT2D eigenvalue weighted by atomic mass is 79.9. The van der Waals surface area contributed by atoms with Crippen molar-refractivity contribution in [1.82, 2.24) is 10.2 Å². The molecule has 0 bridgehead atoms. The highest BCUT2D eigenvalue weighted by molar-refractivity contribution is 9.10. The number of rotatable bonds is 9. The molecule has 1 aliphatic carbocycles. The van der Waals surface area contributed by atoms with Crippen molar-refractivity contribution >= 4 is 55.1 Å². The number of halogens is 2. The SMILES string of the molecule is Cc1c(Cl)cccc1N(CC(=O)N(Cc1cccc(Br)c1)[C@H](C)C(=O)NC1CCCCC1)S(C)(=O)=O. The van der Waals surface area contributed by atoms with E-state index in [0.29, 0.717) is 16.3 Å². The van der Waals surface area contributed by atoms with Crippen LogP contribution in [0.5, 0.6) is 0 Å². The maximum Gasteiger partial charge on any atom is 0.244 e. The number of hydrogen-bond acceptors (Lipinski definition) is 4. The molecular weight excluding hydrogens is 566 g/mol. The lowest BCUT2D eigenvalue weighted by molar-refractivity contribution is -0.139. The lowest BCUT2D eigenvalue weighted by atomic mass is 9.95. The molecular formula is C26H33BrClN3O4S. The van der Waals surface area contributed by atoms with Crippen LogP contribution >= 0.6 is 27.5 Å². The summed E-state index contributed by atoms with van der Waals surface area (Å²) >= 11 is 9.69. The lowest BCUT2D eigenvalue weighted by Gasteiger charge is -2.33. The van der Waals surface area contributed by atoms with E-state index in [9.17, 15) is 18.0 Å². The molecule has 0 heterocycles. The molecule has 0 unspecified atom stereocenters. The average Bonchev–Trinajstić information content (AvgIpc) is 2.82. The first-order valence-electron chi connectivity index (χ1n) is 12.0. The molecule has 1 aliphatic rings. The molecule has 0 radical (unpaired) electrons. The summed E-state index contributed by atoms with van der Waals surface area (Å²) in [5, 5.41) is 3.49. The van der Waals surface area contributed by atoms with Gasteiger partial charge in [0.2, 0.25) is 21.8 Å². The Hall–Kier alpha value is -2.10. The van der Waals surface area contributed by atoms with Gasteiger partial charge in [-0.3, -0.25) is 13.9 Å². The summed E-state index contributed by atoms with van der Waals surface area (Å²) in [6.07, 6.45) is 6.21. The molecule has 36 heavy (non-hydrogen) atoms. The van der Waals surface area contributed by atoms with E-state index in [0.717, 1.165) is 46.3 Å². The summed E-state index contributed by atoms with van der Waals surface area (Å²) in [6.45, 7) is 3.10. The van der Waals surface area contributed by atoms with Crippen LogP contribution in [0.25, 0.3) is 0 Å². The van der Waals surface area contributed by atoms with Gasteiger partial charge in [0.25, 0.3) is 0 Å². The third-order valence-electron chi connectivity index (χ3n) is 6.55. The molecule has 2 aromatic rings. The molecule has 2 aromatic carbocycles. The van der Waals surface area contributed by atoms with Crippen LogP contribution in [0.15, 0.2) is 46.9 Å². The monoisotopic (exact) mass is 597 g/mol. The Labute approximate surface area is 227 Å². The normalized spacial score (nSPS) is 15.2. The fourth-order valence-corrected chi connectivity index (χ4v) is 5.96. The summed E-state index contributed by atoms with van der Waals surface area (Å²) in [4.78, 5) is 28.3. The van der Waals surface area contributed by atoms with E-state index in [-0.39, 0.29) is 18.5 Å². The van der Waals surface area contributed by atoms with Crippen LogP contribution in [0.2, 0.25) is 5.02 Å². The summed E-state index contributed by atoms with van der Waals surface area (Å²) in [5.74, 6) is -0.721. The summed E-state index contributed by atoms with van der Waals surface area (Å²) in [6, 6.07) is 11.7. The maximum absolute atomic E-state index is 13.7. The first-order chi connectivity index (χ1) is 17.0. The van der Waals surface area contributed by atoms with Crippen LogP contribution < -0.4 is 9.62 Å². The van der Waals surface area contributed by atoms with Crippen LogP contribution in [0.3, 0.4) is 0 Å². The number of anilines is 1. The number of hydrogen-bond donors (Lipinski definition) is 1. The summed E-state index contributed by atoms with van der Waals surface area (Å²) < 4.78 is 27.4. The Kier molecular flexibility index (Phi) is 9.83. The molecule has 0 aliphatic heterocycles. The van der Waals surface area contributed by atoms with Crippen molar-refractivity contribution in [3.05, 3.63) is 63.1 Å². The minimum Gasteiger partial charge on any atom is -0.352 e. The Morgan fingerprint density at radius 2 is 1.81 bits per heavy atom. The molecule has 10 heteroatoms. The molecule has 7 nitrogen and oxygen atoms in total. The zero-order valence-electron chi connectivity index (χ0n) is 20.8. The number of sulfonamides is 1. The first kappa shape index (κ1) is 28.5. The van der Waals surface area contributed by atoms with Gasteiger partial charge in [0.1, 0.15) is 12.6 Å². The number of nitrogens with one attached hydrogen (secondary N) is 1. The number of nitrogens with zero attached hydrogens (tertiary/aromatic N) is 2. The molecule has 1 atom stereocenters. The lowest BCUT2D eigenvalue weighted by Crippen LogP contribution is -2.53. The Bertz CT molecular complexity index is 1200. The maximum atomic E-state index is 13.7. The van der Waals surface area contributed by atoms with Crippen molar-refractivity contribution in [2.45, 2.75) is 64.6 Å². The van der Waals surface area contributed by atoms with Crippen LogP contribution in [0.4, 0.5) is 5.69 Å². The molecule has 2 amide bonds. The highest BCUT2D eigenvalue weighted by Gasteiger charge is 2.31. The van der Waals surface area contributed by atoms with Crippen LogP contribution in [-0.2, 0) is 26.2 Å². The Morgan fingerprint density at radius 1 is 1.14 bits per heavy atom. The first-order valence-corrected chi connectivity index (χ1v) is 15.1. The predicted molar refractivity (Wildman–Crippen MR) is 148 cm³/mol. The van der Waals surface area contributed by atoms with Crippen LogP contribution in [0.1, 0.15) is 50.2 Å². The molecule has 0 aromatic heterocycles. The molecule has 3 rings (SSSR count). The van der Waals surface area contributed by atoms with Gasteiger partial charge >= 0.3 is 0 Å². The molecule has 1 N–H and O–H groups in total. The largest absolute Gasteiger partial charge is 0.352 e. The van der Waals surface area contributed by atoms with Crippen LogP contribution in [-0.4, -0.2) is 50.0 Å². The Morgan fingerprint density at radius 3 is 2.44 bits per heavy atom. The molecule has 0 saturated heterocycles. The predicted octanol–water partition coefficient (Wildman–Crippen LogP) is 5.04. The number of benzene rings is 2. The zero-order chi connectivity index (χ0) is 26.5. The van der Waals surface area contributed by atoms with Gasteiger partial charge in [-0.1, -0.05) is 65.0 Å². The standard InChI is InChI=1S/C26H33BrClN3O4S/c1-18-23(28)13-8-14-24(18)31(36(3,34)35)17-25(32)30(16-20-9-7-10-21(27)15-20)19(2)26(33)29-22-11-5-4-6-12-22/h7-10,13-15,19,22H,4-6,11-12,16-17H2,1-3H3,(H,29,33)/t19-/m1/s1. The summed E-state index contributed by atoms with van der Waals surface area (Å²) in [5.41, 5.74) is 1.71. The Balaban J connectivity index is 1.90. The van der Waals surface area contributed by atoms with E-state index < -0.39 is 28.5 Å². The van der Waals surface area contributed by atoms with Gasteiger partial charge in [-0.25, -0.2) is 8.42 Å². The van der Waals surface area contributed by atoms with Gasteiger partial charge in [-0.05, 0) is 62.1 Å². The average molecular weight is 599 g/mol. The van der Waals surface area contributed by atoms with E-state index in [1.165, 1.54) is 11.3 Å². The van der Waals surface area contributed by atoms with Crippen molar-refractivity contribution in [1.29, 1.82) is 0 Å². The van der Waals surface area contributed by atoms with Gasteiger partial charge in [0, 0.05) is 22.1 Å². The van der Waals surface area contributed by atoms with E-state index in [1.54, 1.807) is 32.0 Å². The van der Waals surface area contributed by atoms with Gasteiger partial charge in [-0.15, -0.1) is 0 Å². The van der Waals surface area contributed by atoms with E-state index >= 15 is 0 Å². The van der Waals surface area contributed by atoms with Crippen molar-refractivity contribution in [2.75, 3.05) is 17.1 Å². The molecule has 0 spiro atoms. The quantitative estimate of drug-likeness (QED) is 0.438. The highest BCUT2D eigenvalue weighted by Crippen LogP contribution is 2.28. The van der Waals surface area contributed by atoms with Crippen molar-refractivity contribution in [3.8, 4) is 0 Å². The third-order valence-corrected chi connectivity index (χ3v) is 8.58. The summed E-state index contributed by atoms with van der Waals surface area (Å²) in [7, 11) is -3.81. The second-order valence-electron chi connectivity index (χ2n) is 9.32. The van der Waals surface area contributed by atoms with Crippen LogP contribution in [0, 0.1) is 6.92 Å². The zero-order valence-corrected chi connectivity index (χ0v) is 24.0. The van der Waals surface area contributed by atoms with Crippen molar-refractivity contribution < 1.29 is 18.0 Å². The van der Waals surface area contributed by atoms with Gasteiger partial charge in [-0.2, -0.15) is 0 Å².